The maximum atomic E-state index is 6.48. The van der Waals surface area contributed by atoms with E-state index in [-0.39, 0.29) is 0 Å². The number of anilines is 1. The fourth-order valence-electron chi connectivity index (χ4n) is 3.83. The SMILES string of the molecule is Cc1nc(-c2ccccc2Cl)n2c1nnc1ccc(N3CCN(C)CC3)cc12. The Kier molecular flexibility index (Phi) is 4.18. The molecule has 4 aromatic rings. The van der Waals surface area contributed by atoms with Gasteiger partial charge in [0.2, 0.25) is 0 Å². The largest absolute Gasteiger partial charge is 0.369 e. The van der Waals surface area contributed by atoms with Crippen LogP contribution in [0.5, 0.6) is 0 Å². The number of halogens is 1. The Morgan fingerprint density at radius 3 is 2.54 bits per heavy atom. The minimum Gasteiger partial charge on any atom is -0.369 e. The van der Waals surface area contributed by atoms with Crippen LogP contribution < -0.4 is 4.90 Å². The summed E-state index contributed by atoms with van der Waals surface area (Å²) in [6.45, 7) is 6.13. The van der Waals surface area contributed by atoms with Crippen molar-refractivity contribution in [2.75, 3.05) is 38.1 Å². The van der Waals surface area contributed by atoms with Crippen LogP contribution in [0.4, 0.5) is 5.69 Å². The summed E-state index contributed by atoms with van der Waals surface area (Å²) in [6, 6.07) is 14.2. The molecule has 0 radical (unpaired) electrons. The molecule has 0 bridgehead atoms. The molecule has 3 heterocycles. The number of hydrogen-bond donors (Lipinski definition) is 0. The van der Waals surface area contributed by atoms with Gasteiger partial charge in [0, 0.05) is 37.4 Å². The Labute approximate surface area is 168 Å². The highest BCUT2D eigenvalue weighted by Gasteiger charge is 2.19. The highest BCUT2D eigenvalue weighted by Crippen LogP contribution is 2.31. The van der Waals surface area contributed by atoms with Crippen molar-refractivity contribution in [1.29, 1.82) is 0 Å². The molecule has 0 amide bonds. The van der Waals surface area contributed by atoms with E-state index in [1.165, 1.54) is 5.69 Å². The monoisotopic (exact) mass is 392 g/mol. The van der Waals surface area contributed by atoms with Crippen molar-refractivity contribution in [2.45, 2.75) is 6.92 Å². The van der Waals surface area contributed by atoms with E-state index in [1.807, 2.05) is 37.3 Å². The Hall–Kier alpha value is -2.70. The Bertz CT molecular complexity index is 1180. The van der Waals surface area contributed by atoms with Crippen molar-refractivity contribution in [3.8, 4) is 11.4 Å². The fraction of sp³-hybridized carbons (Fsp3) is 0.286. The molecule has 6 nitrogen and oxygen atoms in total. The summed E-state index contributed by atoms with van der Waals surface area (Å²) in [6.07, 6.45) is 0. The number of imidazole rings is 1. The van der Waals surface area contributed by atoms with Gasteiger partial charge in [0.05, 0.1) is 16.2 Å². The van der Waals surface area contributed by atoms with E-state index in [0.717, 1.165) is 59.9 Å². The van der Waals surface area contributed by atoms with Crippen LogP contribution in [0.1, 0.15) is 5.69 Å². The second kappa shape index (κ2) is 6.72. The third-order valence-electron chi connectivity index (χ3n) is 5.46. The number of hydrogen-bond acceptors (Lipinski definition) is 5. The van der Waals surface area contributed by atoms with Crippen LogP contribution in [-0.2, 0) is 0 Å². The predicted octanol–water partition coefficient (Wildman–Crippen LogP) is 3.66. The molecule has 28 heavy (non-hydrogen) atoms. The zero-order chi connectivity index (χ0) is 19.3. The molecule has 0 aliphatic carbocycles. The second-order valence-electron chi connectivity index (χ2n) is 7.32. The third kappa shape index (κ3) is 2.80. The molecule has 142 valence electrons. The lowest BCUT2D eigenvalue weighted by Gasteiger charge is -2.34. The van der Waals surface area contributed by atoms with Gasteiger partial charge in [0.15, 0.2) is 5.65 Å². The maximum Gasteiger partial charge on any atom is 0.183 e. The van der Waals surface area contributed by atoms with E-state index in [1.54, 1.807) is 0 Å². The molecule has 2 aromatic heterocycles. The average molecular weight is 393 g/mol. The van der Waals surface area contributed by atoms with Crippen LogP contribution in [0.2, 0.25) is 5.02 Å². The summed E-state index contributed by atoms with van der Waals surface area (Å²) in [5, 5.41) is 9.53. The quantitative estimate of drug-likeness (QED) is 0.521. The predicted molar refractivity (Wildman–Crippen MR) is 113 cm³/mol. The van der Waals surface area contributed by atoms with Gasteiger partial charge in [0.1, 0.15) is 11.3 Å². The van der Waals surface area contributed by atoms with Gasteiger partial charge in [-0.2, -0.15) is 0 Å². The first-order valence-corrected chi connectivity index (χ1v) is 9.83. The number of piperazine rings is 1. The van der Waals surface area contributed by atoms with Crippen LogP contribution in [-0.4, -0.2) is 57.7 Å². The van der Waals surface area contributed by atoms with Crippen molar-refractivity contribution in [3.05, 3.63) is 53.2 Å². The second-order valence-corrected chi connectivity index (χ2v) is 7.73. The number of aryl methyl sites for hydroxylation is 1. The summed E-state index contributed by atoms with van der Waals surface area (Å²) in [4.78, 5) is 9.56. The molecule has 1 aliphatic rings. The van der Waals surface area contributed by atoms with Crippen LogP contribution >= 0.6 is 11.6 Å². The van der Waals surface area contributed by atoms with E-state index in [2.05, 4.69) is 43.6 Å². The van der Waals surface area contributed by atoms with Crippen molar-refractivity contribution in [3.63, 3.8) is 0 Å². The average Bonchev–Trinajstić information content (AvgIpc) is 3.05. The topological polar surface area (TPSA) is 49.6 Å². The molecule has 5 rings (SSSR count). The zero-order valence-corrected chi connectivity index (χ0v) is 16.7. The summed E-state index contributed by atoms with van der Waals surface area (Å²) < 4.78 is 2.08. The highest BCUT2D eigenvalue weighted by molar-refractivity contribution is 6.33. The highest BCUT2D eigenvalue weighted by atomic mass is 35.5. The minimum absolute atomic E-state index is 0.676. The number of aromatic nitrogens is 4. The Balaban J connectivity index is 1.74. The molecular formula is C21H21ClN6. The van der Waals surface area contributed by atoms with E-state index in [0.29, 0.717) is 5.02 Å². The molecule has 0 atom stereocenters. The van der Waals surface area contributed by atoms with E-state index in [9.17, 15) is 0 Å². The molecule has 0 saturated carbocycles. The normalized spacial score (nSPS) is 15.6. The lowest BCUT2D eigenvalue weighted by molar-refractivity contribution is 0.313. The number of fused-ring (bicyclic) bond motifs is 3. The van der Waals surface area contributed by atoms with Gasteiger partial charge in [-0.1, -0.05) is 23.7 Å². The zero-order valence-electron chi connectivity index (χ0n) is 15.9. The van der Waals surface area contributed by atoms with E-state index in [4.69, 9.17) is 16.6 Å². The summed E-state index contributed by atoms with van der Waals surface area (Å²) in [5.74, 6) is 0.800. The molecule has 1 aliphatic heterocycles. The van der Waals surface area contributed by atoms with Crippen molar-refractivity contribution in [2.24, 2.45) is 0 Å². The van der Waals surface area contributed by atoms with Crippen LogP contribution in [0.15, 0.2) is 42.5 Å². The summed E-state index contributed by atoms with van der Waals surface area (Å²) in [7, 11) is 2.17. The Morgan fingerprint density at radius 2 is 1.75 bits per heavy atom. The number of likely N-dealkylation sites (N-methyl/N-ethyl adjacent to an activating group) is 1. The number of nitrogens with zero attached hydrogens (tertiary/aromatic N) is 6. The van der Waals surface area contributed by atoms with Crippen molar-refractivity contribution < 1.29 is 0 Å². The third-order valence-corrected chi connectivity index (χ3v) is 5.79. The van der Waals surface area contributed by atoms with Crippen molar-refractivity contribution >= 4 is 34.0 Å². The molecule has 7 heteroatoms. The number of rotatable bonds is 2. The smallest absolute Gasteiger partial charge is 0.183 e. The first-order chi connectivity index (χ1) is 13.6. The first kappa shape index (κ1) is 17.4. The van der Waals surface area contributed by atoms with Crippen LogP contribution in [0.25, 0.3) is 28.1 Å². The molecule has 0 spiro atoms. The van der Waals surface area contributed by atoms with E-state index >= 15 is 0 Å². The van der Waals surface area contributed by atoms with Gasteiger partial charge in [-0.05, 0) is 44.3 Å². The molecule has 1 saturated heterocycles. The van der Waals surface area contributed by atoms with Gasteiger partial charge in [-0.25, -0.2) is 4.98 Å². The lowest BCUT2D eigenvalue weighted by Crippen LogP contribution is -2.44. The Morgan fingerprint density at radius 1 is 0.964 bits per heavy atom. The molecular weight excluding hydrogens is 372 g/mol. The summed E-state index contributed by atoms with van der Waals surface area (Å²) >= 11 is 6.48. The fourth-order valence-corrected chi connectivity index (χ4v) is 4.05. The van der Waals surface area contributed by atoms with Gasteiger partial charge in [-0.15, -0.1) is 10.2 Å². The lowest BCUT2D eigenvalue weighted by atomic mass is 10.2. The minimum atomic E-state index is 0.676. The molecule has 2 aromatic carbocycles. The standard InChI is InChI=1S/C21H21ClN6/c1-14-20-25-24-18-8-7-15(27-11-9-26(2)10-12-27)13-19(18)28(20)21(23-14)16-5-3-4-6-17(16)22/h3-8,13H,9-12H2,1-2H3. The van der Waals surface area contributed by atoms with Gasteiger partial charge < -0.3 is 9.80 Å². The van der Waals surface area contributed by atoms with Crippen LogP contribution in [0, 0.1) is 6.92 Å². The molecule has 0 unspecified atom stereocenters. The molecule has 1 fully saturated rings. The van der Waals surface area contributed by atoms with Crippen molar-refractivity contribution in [1.82, 2.24) is 24.5 Å². The van der Waals surface area contributed by atoms with Crippen LogP contribution in [0.3, 0.4) is 0 Å². The first-order valence-electron chi connectivity index (χ1n) is 9.46. The number of benzene rings is 2. The van der Waals surface area contributed by atoms with Gasteiger partial charge >= 0.3 is 0 Å². The van der Waals surface area contributed by atoms with E-state index < -0.39 is 0 Å². The molecule has 0 N–H and O–H groups in total. The maximum absolute atomic E-state index is 6.48. The van der Waals surface area contributed by atoms with Gasteiger partial charge in [0.25, 0.3) is 0 Å². The summed E-state index contributed by atoms with van der Waals surface area (Å²) in [5.41, 5.74) is 5.54. The van der Waals surface area contributed by atoms with Gasteiger partial charge in [-0.3, -0.25) is 4.40 Å².